The van der Waals surface area contributed by atoms with E-state index in [9.17, 15) is 14.3 Å². The van der Waals surface area contributed by atoms with E-state index in [0.717, 1.165) is 0 Å². The Kier molecular flexibility index (Phi) is 6.62. The summed E-state index contributed by atoms with van der Waals surface area (Å²) in [5.74, 6) is 0.0893. The molecule has 2 unspecified atom stereocenters. The summed E-state index contributed by atoms with van der Waals surface area (Å²) >= 11 is 0. The van der Waals surface area contributed by atoms with Crippen molar-refractivity contribution in [3.63, 3.8) is 0 Å². The predicted molar refractivity (Wildman–Crippen MR) is 86.2 cm³/mol. The van der Waals surface area contributed by atoms with Crippen LogP contribution in [0.2, 0.25) is 0 Å². The molecule has 1 heterocycles. The van der Waals surface area contributed by atoms with Crippen molar-refractivity contribution in [2.45, 2.75) is 25.6 Å². The van der Waals surface area contributed by atoms with E-state index >= 15 is 0 Å². The van der Waals surface area contributed by atoms with Crippen LogP contribution in [0.4, 0.5) is 9.18 Å². The number of urea groups is 1. The minimum Gasteiger partial charge on any atom is -0.486 e. The molecule has 0 spiro atoms. The number of carbonyl (C=O) groups excluding carboxylic acids is 1. The highest BCUT2D eigenvalue weighted by molar-refractivity contribution is 5.73. The van der Waals surface area contributed by atoms with Crippen LogP contribution in [0.1, 0.15) is 25.2 Å². The summed E-state index contributed by atoms with van der Waals surface area (Å²) in [7, 11) is 0. The summed E-state index contributed by atoms with van der Waals surface area (Å²) in [5.41, 5.74) is 0. The van der Waals surface area contributed by atoms with Crippen LogP contribution in [0, 0.1) is 5.82 Å². The fourth-order valence-corrected chi connectivity index (χ4v) is 2.03. The summed E-state index contributed by atoms with van der Waals surface area (Å²) in [6.07, 6.45) is 0.777. The van der Waals surface area contributed by atoms with Crippen molar-refractivity contribution in [3.05, 3.63) is 54.2 Å². The number of furan rings is 1. The van der Waals surface area contributed by atoms with Gasteiger partial charge in [-0.1, -0.05) is 19.1 Å². The number of rotatable bonds is 8. The number of para-hydroxylation sites is 1. The number of aliphatic hydroxyl groups excluding tert-OH is 1. The maximum absolute atomic E-state index is 13.6. The van der Waals surface area contributed by atoms with Gasteiger partial charge >= 0.3 is 6.03 Å². The maximum Gasteiger partial charge on any atom is 0.315 e. The molecule has 130 valence electrons. The molecule has 1 aromatic carbocycles. The Balaban J connectivity index is 1.74. The Labute approximate surface area is 139 Å². The molecule has 6 nitrogen and oxygen atoms in total. The molecule has 2 aromatic rings. The van der Waals surface area contributed by atoms with E-state index in [2.05, 4.69) is 10.6 Å². The average molecular weight is 336 g/mol. The lowest BCUT2D eigenvalue weighted by Gasteiger charge is -2.19. The molecule has 2 rings (SSSR count). The van der Waals surface area contributed by atoms with Gasteiger partial charge in [-0.2, -0.15) is 0 Å². The van der Waals surface area contributed by atoms with Crippen molar-refractivity contribution >= 4 is 6.03 Å². The first-order chi connectivity index (χ1) is 11.6. The topological polar surface area (TPSA) is 83.7 Å². The third-order valence-electron chi connectivity index (χ3n) is 3.40. The Morgan fingerprint density at radius 2 is 2.00 bits per heavy atom. The van der Waals surface area contributed by atoms with E-state index in [-0.39, 0.29) is 24.9 Å². The normalized spacial score (nSPS) is 13.1. The van der Waals surface area contributed by atoms with E-state index in [1.807, 2.05) is 6.92 Å². The van der Waals surface area contributed by atoms with Gasteiger partial charge in [-0.05, 0) is 30.7 Å². The Morgan fingerprint density at radius 3 is 2.67 bits per heavy atom. The number of hydrogen-bond donors (Lipinski definition) is 3. The first-order valence-corrected chi connectivity index (χ1v) is 7.74. The van der Waals surface area contributed by atoms with Gasteiger partial charge in [0.05, 0.1) is 19.4 Å². The number of aliphatic hydroxyl groups is 1. The van der Waals surface area contributed by atoms with E-state index < -0.39 is 18.0 Å². The largest absolute Gasteiger partial charge is 0.486 e. The molecule has 0 saturated carbocycles. The standard InChI is InChI=1S/C17H21FN2O4/c1-2-12(24-15-7-4-3-6-13(15)18)10-19-17(22)20-11-14(21)16-8-5-9-23-16/h3-9,12,14,21H,2,10-11H2,1H3,(H2,19,20,22). The smallest absolute Gasteiger partial charge is 0.315 e. The summed E-state index contributed by atoms with van der Waals surface area (Å²) in [5, 5.41) is 15.0. The monoisotopic (exact) mass is 336 g/mol. The molecule has 0 radical (unpaired) electrons. The molecule has 0 fully saturated rings. The highest BCUT2D eigenvalue weighted by atomic mass is 19.1. The van der Waals surface area contributed by atoms with E-state index in [1.54, 1.807) is 24.3 Å². The van der Waals surface area contributed by atoms with Crippen LogP contribution >= 0.6 is 0 Å². The fraction of sp³-hybridized carbons (Fsp3) is 0.353. The maximum atomic E-state index is 13.6. The van der Waals surface area contributed by atoms with Crippen molar-refractivity contribution in [2.24, 2.45) is 0 Å². The molecule has 2 atom stereocenters. The number of hydrogen-bond acceptors (Lipinski definition) is 4. The van der Waals surface area contributed by atoms with E-state index in [0.29, 0.717) is 12.2 Å². The zero-order valence-electron chi connectivity index (χ0n) is 13.4. The molecule has 0 aliphatic rings. The first-order valence-electron chi connectivity index (χ1n) is 7.74. The molecule has 0 aliphatic carbocycles. The van der Waals surface area contributed by atoms with Crippen molar-refractivity contribution in [1.82, 2.24) is 10.6 Å². The predicted octanol–water partition coefficient (Wildman–Crippen LogP) is 2.61. The first kappa shape index (κ1) is 17.8. The summed E-state index contributed by atoms with van der Waals surface area (Å²) < 4.78 is 24.2. The lowest BCUT2D eigenvalue weighted by molar-refractivity contribution is 0.146. The molecule has 1 aromatic heterocycles. The van der Waals surface area contributed by atoms with Gasteiger partial charge in [-0.25, -0.2) is 9.18 Å². The van der Waals surface area contributed by atoms with Crippen molar-refractivity contribution in [1.29, 1.82) is 0 Å². The van der Waals surface area contributed by atoms with Crippen molar-refractivity contribution in [2.75, 3.05) is 13.1 Å². The van der Waals surface area contributed by atoms with Gasteiger partial charge in [0.25, 0.3) is 0 Å². The number of carbonyl (C=O) groups is 1. The number of halogens is 1. The van der Waals surface area contributed by atoms with Gasteiger partial charge in [0, 0.05) is 0 Å². The van der Waals surface area contributed by atoms with Gasteiger partial charge in [0.15, 0.2) is 11.6 Å². The zero-order chi connectivity index (χ0) is 17.4. The number of benzene rings is 1. The number of nitrogens with one attached hydrogen (secondary N) is 2. The Bertz CT molecular complexity index is 633. The van der Waals surface area contributed by atoms with Crippen LogP contribution in [0.15, 0.2) is 47.1 Å². The molecule has 2 amide bonds. The van der Waals surface area contributed by atoms with Crippen LogP contribution in [0.3, 0.4) is 0 Å². The summed E-state index contributed by atoms with van der Waals surface area (Å²) in [6.45, 7) is 2.11. The van der Waals surface area contributed by atoms with E-state index in [1.165, 1.54) is 18.4 Å². The summed E-state index contributed by atoms with van der Waals surface area (Å²) in [4.78, 5) is 11.8. The minimum atomic E-state index is -0.914. The highest BCUT2D eigenvalue weighted by Crippen LogP contribution is 2.17. The number of amides is 2. The highest BCUT2D eigenvalue weighted by Gasteiger charge is 2.14. The quantitative estimate of drug-likeness (QED) is 0.692. The average Bonchev–Trinajstić information content (AvgIpc) is 3.12. The summed E-state index contributed by atoms with van der Waals surface area (Å²) in [6, 6.07) is 8.96. The molecular formula is C17H21FN2O4. The van der Waals surface area contributed by atoms with Gasteiger partial charge in [0.2, 0.25) is 0 Å². The molecule has 24 heavy (non-hydrogen) atoms. The van der Waals surface area contributed by atoms with Crippen molar-refractivity contribution in [3.8, 4) is 5.75 Å². The van der Waals surface area contributed by atoms with Crippen LogP contribution in [-0.2, 0) is 0 Å². The molecule has 7 heteroatoms. The van der Waals surface area contributed by atoms with Gasteiger partial charge in [-0.15, -0.1) is 0 Å². The Hall–Kier alpha value is -2.54. The van der Waals surface area contributed by atoms with Gasteiger partial charge in [0.1, 0.15) is 18.0 Å². The van der Waals surface area contributed by atoms with Gasteiger partial charge < -0.3 is 24.9 Å². The van der Waals surface area contributed by atoms with Crippen LogP contribution in [0.25, 0.3) is 0 Å². The third kappa shape index (κ3) is 5.27. The molecular weight excluding hydrogens is 315 g/mol. The molecule has 0 saturated heterocycles. The molecule has 0 aliphatic heterocycles. The second kappa shape index (κ2) is 8.93. The number of ether oxygens (including phenoxy) is 1. The second-order valence-electron chi connectivity index (χ2n) is 5.20. The van der Waals surface area contributed by atoms with E-state index in [4.69, 9.17) is 9.15 Å². The van der Waals surface area contributed by atoms with Crippen LogP contribution < -0.4 is 15.4 Å². The molecule has 0 bridgehead atoms. The zero-order valence-corrected chi connectivity index (χ0v) is 13.4. The van der Waals surface area contributed by atoms with Crippen LogP contribution in [0.5, 0.6) is 5.75 Å². The van der Waals surface area contributed by atoms with Crippen LogP contribution in [-0.4, -0.2) is 30.3 Å². The Morgan fingerprint density at radius 1 is 1.25 bits per heavy atom. The molecule has 3 N–H and O–H groups in total. The van der Waals surface area contributed by atoms with Gasteiger partial charge in [-0.3, -0.25) is 0 Å². The fourth-order valence-electron chi connectivity index (χ4n) is 2.03. The second-order valence-corrected chi connectivity index (χ2v) is 5.20. The van der Waals surface area contributed by atoms with Crippen molar-refractivity contribution < 1.29 is 23.4 Å². The lowest BCUT2D eigenvalue weighted by atomic mass is 10.2. The third-order valence-corrected chi connectivity index (χ3v) is 3.40. The minimum absolute atomic E-state index is 0.0182. The lowest BCUT2D eigenvalue weighted by Crippen LogP contribution is -2.42. The SMILES string of the molecule is CCC(CNC(=O)NCC(O)c1ccco1)Oc1ccccc1F.